The van der Waals surface area contributed by atoms with Gasteiger partial charge in [0.25, 0.3) is 6.71 Å². The number of fused-ring (bicyclic) bond motifs is 15. The Morgan fingerprint density at radius 1 is 0.591 bits per heavy atom. The third kappa shape index (κ3) is 4.86. The van der Waals surface area contributed by atoms with Crippen LogP contribution in [0.2, 0.25) is 0 Å². The summed E-state index contributed by atoms with van der Waals surface area (Å²) < 4.78 is 11.0. The van der Waals surface area contributed by atoms with E-state index in [0.717, 1.165) is 34.0 Å². The van der Waals surface area contributed by atoms with Crippen molar-refractivity contribution in [3.8, 4) is 5.69 Å². The molecule has 2 unspecified atom stereocenters. The molecule has 14 rings (SSSR count). The van der Waals surface area contributed by atoms with Gasteiger partial charge in [-0.1, -0.05) is 146 Å². The monoisotopic (exact) mass is 875 g/mol. The van der Waals surface area contributed by atoms with E-state index in [4.69, 9.17) is 4.42 Å². The molecule has 1 aliphatic carbocycles. The zero-order valence-electron chi connectivity index (χ0n) is 39.3. The van der Waals surface area contributed by atoms with Crippen molar-refractivity contribution < 1.29 is 4.42 Å². The number of nitrogens with zero attached hydrogens (tertiary/aromatic N) is 3. The summed E-state index contributed by atoms with van der Waals surface area (Å²) in [5, 5.41) is 6.34. The second kappa shape index (κ2) is 12.8. The van der Waals surface area contributed by atoms with Gasteiger partial charge in [0, 0.05) is 65.5 Å². The van der Waals surface area contributed by atoms with Crippen LogP contribution in [-0.2, 0) is 16.2 Å². The van der Waals surface area contributed by atoms with Crippen molar-refractivity contribution in [1.29, 1.82) is 0 Å². The molecule has 0 amide bonds. The maximum Gasteiger partial charge on any atom is 0.252 e. The van der Waals surface area contributed by atoms with Gasteiger partial charge in [-0.25, -0.2) is 0 Å². The van der Waals surface area contributed by atoms with E-state index in [-0.39, 0.29) is 28.5 Å². The van der Waals surface area contributed by atoms with E-state index in [1.165, 1.54) is 112 Å². The topological polar surface area (TPSA) is 24.6 Å². The Bertz CT molecular complexity index is 3760. The normalized spacial score (nSPS) is 19.9. The second-order valence-electron chi connectivity index (χ2n) is 22.4. The molecular formula is C60H54BN3OS. The van der Waals surface area contributed by atoms with Gasteiger partial charge < -0.3 is 18.8 Å². The highest BCUT2D eigenvalue weighted by molar-refractivity contribution is 7.26. The van der Waals surface area contributed by atoms with Crippen LogP contribution in [-0.4, -0.2) is 16.8 Å². The summed E-state index contributed by atoms with van der Waals surface area (Å²) in [7, 11) is 0. The van der Waals surface area contributed by atoms with Crippen LogP contribution in [0.4, 0.5) is 28.4 Å². The number of aromatic nitrogens is 1. The van der Waals surface area contributed by atoms with E-state index < -0.39 is 0 Å². The molecule has 66 heavy (non-hydrogen) atoms. The quantitative estimate of drug-likeness (QED) is 0.162. The molecule has 10 aromatic rings. The Hall–Kier alpha value is -6.24. The zero-order valence-corrected chi connectivity index (χ0v) is 40.1. The lowest BCUT2D eigenvalue weighted by Crippen LogP contribution is -2.60. The van der Waals surface area contributed by atoms with Gasteiger partial charge in [-0.05, 0) is 112 Å². The summed E-state index contributed by atoms with van der Waals surface area (Å²) in [4.78, 5) is 6.70. The van der Waals surface area contributed by atoms with Crippen LogP contribution in [0, 0.1) is 0 Å². The molecule has 0 N–H and O–H groups in total. The van der Waals surface area contributed by atoms with Gasteiger partial charge in [-0.15, -0.1) is 11.3 Å². The molecule has 0 radical (unpaired) electrons. The fourth-order valence-electron chi connectivity index (χ4n) is 13.2. The summed E-state index contributed by atoms with van der Waals surface area (Å²) in [5.41, 5.74) is 18.8. The summed E-state index contributed by atoms with van der Waals surface area (Å²) in [5.74, 6) is 0. The van der Waals surface area contributed by atoms with Gasteiger partial charge in [0.2, 0.25) is 0 Å². The highest BCUT2D eigenvalue weighted by atomic mass is 32.1. The minimum Gasteiger partial charge on any atom is -0.454 e. The Morgan fingerprint density at radius 3 is 2.15 bits per heavy atom. The van der Waals surface area contributed by atoms with Gasteiger partial charge in [0.15, 0.2) is 5.58 Å². The predicted molar refractivity (Wildman–Crippen MR) is 283 cm³/mol. The average molecular weight is 876 g/mol. The Labute approximate surface area is 391 Å². The van der Waals surface area contributed by atoms with Crippen molar-refractivity contribution in [2.24, 2.45) is 0 Å². The fourth-order valence-corrected chi connectivity index (χ4v) is 14.5. The lowest BCUT2D eigenvalue weighted by Gasteiger charge is -2.50. The van der Waals surface area contributed by atoms with E-state index in [1.807, 2.05) is 11.3 Å². The largest absolute Gasteiger partial charge is 0.454 e. The highest BCUT2D eigenvalue weighted by Crippen LogP contribution is 2.62. The van der Waals surface area contributed by atoms with Crippen molar-refractivity contribution in [3.63, 3.8) is 0 Å². The summed E-state index contributed by atoms with van der Waals surface area (Å²) in [6.07, 6.45) is 4.83. The standard InChI is InChI=1S/C60H54BN3OS/c1-57(2,3)35-25-28-45-42(31-35)59(7)29-13-14-30-60(59,8)64(45)37-26-27-43-47(34-37)62(46-22-16-19-39-38-17-9-11-23-50(38)65-55(39)46)48-32-36(58(4,5)6)33-49-53(48)61(43)44-21-15-20-41-52-40-18-10-12-24-51(40)66-56(52)63(49)54(41)44/h9-12,15-28,31-34H,13-14,29-30H2,1-8H3. The van der Waals surface area contributed by atoms with E-state index in [2.05, 4.69) is 203 Å². The molecule has 1 saturated carbocycles. The molecule has 6 heteroatoms. The first-order valence-corrected chi connectivity index (χ1v) is 25.0. The molecule has 3 aromatic heterocycles. The van der Waals surface area contributed by atoms with Gasteiger partial charge in [0.05, 0.1) is 16.7 Å². The number of hydrogen-bond donors (Lipinski definition) is 0. The number of anilines is 5. The smallest absolute Gasteiger partial charge is 0.252 e. The molecule has 1 fully saturated rings. The minimum absolute atomic E-state index is 0.0157. The molecule has 6 heterocycles. The maximum atomic E-state index is 7.00. The lowest BCUT2D eigenvalue weighted by molar-refractivity contribution is 0.195. The zero-order chi connectivity index (χ0) is 44.8. The molecule has 7 aromatic carbocycles. The second-order valence-corrected chi connectivity index (χ2v) is 23.5. The number of furan rings is 1. The molecule has 4 nitrogen and oxygen atoms in total. The van der Waals surface area contributed by atoms with Crippen LogP contribution in [0.15, 0.2) is 138 Å². The highest BCUT2D eigenvalue weighted by Gasteiger charge is 2.58. The third-order valence-corrected chi connectivity index (χ3v) is 18.0. The number of thiophene rings is 1. The molecule has 324 valence electrons. The van der Waals surface area contributed by atoms with Crippen molar-refractivity contribution >= 4 is 116 Å². The van der Waals surface area contributed by atoms with E-state index >= 15 is 0 Å². The Kier molecular flexibility index (Phi) is 7.56. The predicted octanol–water partition coefficient (Wildman–Crippen LogP) is 14.8. The average Bonchev–Trinajstić information content (AvgIpc) is 4.02. The molecular weight excluding hydrogens is 822 g/mol. The van der Waals surface area contributed by atoms with Crippen molar-refractivity contribution in [1.82, 2.24) is 4.57 Å². The SMILES string of the molecule is CC(C)(C)c1cc2c3c(c1)-n1c4sc5ccccc5c4c4cccc(c41)B3c1ccc(N3c4ccc(C(C)(C)C)cc4C4(C)CCCCC34C)cc1N2c1cccc2c1oc1ccccc12. The van der Waals surface area contributed by atoms with Gasteiger partial charge >= 0.3 is 0 Å². The third-order valence-electron chi connectivity index (χ3n) is 16.8. The van der Waals surface area contributed by atoms with Crippen molar-refractivity contribution in [3.05, 3.63) is 150 Å². The molecule has 0 spiro atoms. The van der Waals surface area contributed by atoms with Gasteiger partial charge in [-0.3, -0.25) is 0 Å². The number of benzene rings is 7. The Morgan fingerprint density at radius 2 is 1.32 bits per heavy atom. The summed E-state index contributed by atoms with van der Waals surface area (Å²) >= 11 is 1.93. The molecule has 2 atom stereocenters. The Balaban J connectivity index is 1.11. The fraction of sp³-hybridized carbons (Fsp3) is 0.267. The van der Waals surface area contributed by atoms with E-state index in [9.17, 15) is 0 Å². The summed E-state index contributed by atoms with van der Waals surface area (Å²) in [6.45, 7) is 19.3. The maximum absolute atomic E-state index is 7.00. The number of para-hydroxylation sites is 3. The first-order valence-electron chi connectivity index (χ1n) is 24.2. The summed E-state index contributed by atoms with van der Waals surface area (Å²) in [6, 6.07) is 51.4. The molecule has 3 aliphatic heterocycles. The van der Waals surface area contributed by atoms with Gasteiger partial charge in [-0.2, -0.15) is 0 Å². The van der Waals surface area contributed by atoms with Crippen molar-refractivity contribution in [2.75, 3.05) is 9.80 Å². The van der Waals surface area contributed by atoms with Crippen LogP contribution >= 0.6 is 11.3 Å². The number of rotatable bonds is 2. The minimum atomic E-state index is -0.117. The van der Waals surface area contributed by atoms with Crippen LogP contribution < -0.4 is 26.2 Å². The van der Waals surface area contributed by atoms with E-state index in [0.29, 0.717) is 0 Å². The van der Waals surface area contributed by atoms with Crippen molar-refractivity contribution in [2.45, 2.75) is 103 Å². The number of hydrogen-bond acceptors (Lipinski definition) is 4. The first kappa shape index (κ1) is 39.0. The molecule has 4 aliphatic rings. The van der Waals surface area contributed by atoms with Crippen LogP contribution in [0.1, 0.15) is 97.8 Å². The van der Waals surface area contributed by atoms with Crippen LogP contribution in [0.3, 0.4) is 0 Å². The van der Waals surface area contributed by atoms with E-state index in [1.54, 1.807) is 0 Å². The lowest BCUT2D eigenvalue weighted by atomic mass is 9.33. The molecule has 0 saturated heterocycles. The van der Waals surface area contributed by atoms with Gasteiger partial charge in [0.1, 0.15) is 10.4 Å². The molecule has 0 bridgehead atoms. The van der Waals surface area contributed by atoms with Crippen LogP contribution in [0.25, 0.3) is 58.8 Å². The van der Waals surface area contributed by atoms with Crippen LogP contribution in [0.5, 0.6) is 0 Å². The first-order chi connectivity index (χ1) is 31.7.